The van der Waals surface area contributed by atoms with E-state index in [-0.39, 0.29) is 12.6 Å². The number of ether oxygens (including phenoxy) is 1. The van der Waals surface area contributed by atoms with Crippen molar-refractivity contribution in [2.24, 2.45) is 7.05 Å². The zero-order valence-electron chi connectivity index (χ0n) is 19.9. The van der Waals surface area contributed by atoms with Crippen molar-refractivity contribution in [1.82, 2.24) is 14.5 Å². The number of aliphatic hydroxyl groups excluding tert-OH is 4. The van der Waals surface area contributed by atoms with Gasteiger partial charge in [-0.3, -0.25) is 19.2 Å². The van der Waals surface area contributed by atoms with Gasteiger partial charge in [-0.1, -0.05) is 18.2 Å². The van der Waals surface area contributed by atoms with E-state index in [2.05, 4.69) is 11.4 Å². The predicted octanol–water partition coefficient (Wildman–Crippen LogP) is -2.17. The molecule has 0 saturated carbocycles. The van der Waals surface area contributed by atoms with Crippen LogP contribution in [0.5, 0.6) is 0 Å². The number of nitrogens with one attached hydrogen (secondary N) is 1. The Balaban J connectivity index is 1.60. The van der Waals surface area contributed by atoms with E-state index in [1.807, 2.05) is 4.90 Å². The van der Waals surface area contributed by atoms with Gasteiger partial charge in [0.25, 0.3) is 5.56 Å². The standard InChI is InChI=1S/C24H31N5O7/c1-27-19(31)9-18(29(24(27)35)11-15-6-3-2-5-14(15)10-25)28-8-4-7-16(12-28)26-23-22(34)21(33)20(32)17(13-30)36-23/h2-3,5-6,9,16-17,20-23,26,30,32-34H,4,7-8,11-13H2,1H3/t16-,17-,20-,21+,22-,23?/m1/s1. The van der Waals surface area contributed by atoms with E-state index in [4.69, 9.17) is 4.74 Å². The Bertz CT molecular complexity index is 1240. The van der Waals surface area contributed by atoms with Gasteiger partial charge in [0, 0.05) is 32.2 Å². The Kier molecular flexibility index (Phi) is 7.89. The van der Waals surface area contributed by atoms with Gasteiger partial charge in [0.05, 0.1) is 24.8 Å². The third-order valence-electron chi connectivity index (χ3n) is 6.88. The Hall–Kier alpha value is -3.05. The minimum Gasteiger partial charge on any atom is -0.394 e. The van der Waals surface area contributed by atoms with Crippen molar-refractivity contribution >= 4 is 5.82 Å². The van der Waals surface area contributed by atoms with E-state index in [0.717, 1.165) is 4.57 Å². The Labute approximate surface area is 207 Å². The zero-order chi connectivity index (χ0) is 26.0. The average molecular weight is 502 g/mol. The fourth-order valence-corrected chi connectivity index (χ4v) is 4.80. The Morgan fingerprint density at radius 1 is 1.17 bits per heavy atom. The van der Waals surface area contributed by atoms with Gasteiger partial charge in [0.15, 0.2) is 0 Å². The smallest absolute Gasteiger partial charge is 0.332 e. The first-order valence-electron chi connectivity index (χ1n) is 11.9. The average Bonchev–Trinajstić information content (AvgIpc) is 2.89. The van der Waals surface area contributed by atoms with E-state index < -0.39 is 48.5 Å². The van der Waals surface area contributed by atoms with Crippen molar-refractivity contribution in [3.05, 3.63) is 62.3 Å². The van der Waals surface area contributed by atoms with E-state index in [1.54, 1.807) is 24.3 Å². The number of benzene rings is 1. The van der Waals surface area contributed by atoms with Crippen molar-refractivity contribution < 1.29 is 25.2 Å². The normalized spacial score (nSPS) is 28.6. The summed E-state index contributed by atoms with van der Waals surface area (Å²) in [7, 11) is 1.40. The molecule has 0 spiro atoms. The van der Waals surface area contributed by atoms with Crippen molar-refractivity contribution in [3.63, 3.8) is 0 Å². The molecule has 0 amide bonds. The summed E-state index contributed by atoms with van der Waals surface area (Å²) in [5, 5.41) is 52.6. The Morgan fingerprint density at radius 2 is 1.92 bits per heavy atom. The van der Waals surface area contributed by atoms with Crippen LogP contribution in [0.1, 0.15) is 24.0 Å². The zero-order valence-corrected chi connectivity index (χ0v) is 19.9. The fraction of sp³-hybridized carbons (Fsp3) is 0.542. The largest absolute Gasteiger partial charge is 0.394 e. The van der Waals surface area contributed by atoms with Crippen LogP contribution in [-0.2, 0) is 18.3 Å². The summed E-state index contributed by atoms with van der Waals surface area (Å²) < 4.78 is 8.06. The van der Waals surface area contributed by atoms with Crippen LogP contribution in [0.15, 0.2) is 39.9 Å². The topological polar surface area (TPSA) is 173 Å². The molecule has 194 valence electrons. The Morgan fingerprint density at radius 3 is 2.64 bits per heavy atom. The van der Waals surface area contributed by atoms with Crippen LogP contribution < -0.4 is 21.5 Å². The summed E-state index contributed by atoms with van der Waals surface area (Å²) in [6, 6.07) is 10.2. The lowest BCUT2D eigenvalue weighted by molar-refractivity contribution is -0.238. The molecule has 0 bridgehead atoms. The van der Waals surface area contributed by atoms with Gasteiger partial charge in [-0.2, -0.15) is 5.26 Å². The van der Waals surface area contributed by atoms with Gasteiger partial charge in [-0.15, -0.1) is 0 Å². The maximum Gasteiger partial charge on any atom is 0.332 e. The fourth-order valence-electron chi connectivity index (χ4n) is 4.80. The van der Waals surface area contributed by atoms with Crippen LogP contribution in [0.2, 0.25) is 0 Å². The number of aromatic nitrogens is 2. The minimum atomic E-state index is -1.49. The number of nitriles is 1. The van der Waals surface area contributed by atoms with Crippen molar-refractivity contribution in [1.29, 1.82) is 5.26 Å². The summed E-state index contributed by atoms with van der Waals surface area (Å²) in [5.41, 5.74) is 0.123. The highest BCUT2D eigenvalue weighted by molar-refractivity contribution is 5.43. The lowest BCUT2D eigenvalue weighted by atomic mass is 9.97. The summed E-state index contributed by atoms with van der Waals surface area (Å²) in [6.45, 7) is 0.512. The summed E-state index contributed by atoms with van der Waals surface area (Å²) >= 11 is 0. The van der Waals surface area contributed by atoms with E-state index >= 15 is 0 Å². The third kappa shape index (κ3) is 5.08. The SMILES string of the molecule is Cn1c(=O)cc(N2CCC[C@@H](NC3O[C@H](CO)[C@@H](O)[C@H](O)[C@H]3O)C2)n(Cc2ccccc2C#N)c1=O. The molecular formula is C24H31N5O7. The van der Waals surface area contributed by atoms with Crippen LogP contribution >= 0.6 is 0 Å². The molecule has 0 aliphatic carbocycles. The number of hydrogen-bond acceptors (Lipinski definition) is 10. The van der Waals surface area contributed by atoms with E-state index in [0.29, 0.717) is 42.9 Å². The number of piperidine rings is 1. The summed E-state index contributed by atoms with van der Waals surface area (Å²) in [6.07, 6.45) is -5.01. The molecule has 5 N–H and O–H groups in total. The number of aliphatic hydroxyl groups is 4. The van der Waals surface area contributed by atoms with Gasteiger partial charge in [-0.05, 0) is 24.5 Å². The molecule has 2 saturated heterocycles. The van der Waals surface area contributed by atoms with Gasteiger partial charge in [0.2, 0.25) is 0 Å². The van der Waals surface area contributed by atoms with Crippen molar-refractivity contribution in [2.45, 2.75) is 56.1 Å². The lowest BCUT2D eigenvalue weighted by Crippen LogP contribution is -2.65. The molecule has 3 heterocycles. The second kappa shape index (κ2) is 10.9. The minimum absolute atomic E-state index is 0.104. The van der Waals surface area contributed by atoms with Gasteiger partial charge >= 0.3 is 5.69 Å². The van der Waals surface area contributed by atoms with Crippen molar-refractivity contribution in [3.8, 4) is 6.07 Å². The predicted molar refractivity (Wildman–Crippen MR) is 128 cm³/mol. The second-order valence-corrected chi connectivity index (χ2v) is 9.24. The molecule has 4 rings (SSSR count). The quantitative estimate of drug-likeness (QED) is 0.293. The molecule has 1 aromatic heterocycles. The molecule has 12 heteroatoms. The first kappa shape index (κ1) is 26.0. The van der Waals surface area contributed by atoms with E-state index in [9.17, 15) is 35.3 Å². The molecule has 12 nitrogen and oxygen atoms in total. The molecular weight excluding hydrogens is 470 g/mol. The maximum absolute atomic E-state index is 13.1. The van der Waals surface area contributed by atoms with E-state index in [1.165, 1.54) is 17.7 Å². The first-order valence-corrected chi connectivity index (χ1v) is 11.9. The molecule has 2 fully saturated rings. The molecule has 6 atom stereocenters. The van der Waals surface area contributed by atoms with Gasteiger partial charge in [-0.25, -0.2) is 4.79 Å². The molecule has 2 aliphatic rings. The van der Waals surface area contributed by atoms with Crippen LogP contribution in [0, 0.1) is 11.3 Å². The van der Waals surface area contributed by atoms with Crippen LogP contribution in [0.3, 0.4) is 0 Å². The molecule has 2 aromatic rings. The highest BCUT2D eigenvalue weighted by Crippen LogP contribution is 2.23. The highest BCUT2D eigenvalue weighted by atomic mass is 16.6. The molecule has 0 radical (unpaired) electrons. The summed E-state index contributed by atoms with van der Waals surface area (Å²) in [4.78, 5) is 27.5. The van der Waals surface area contributed by atoms with Crippen LogP contribution in [0.25, 0.3) is 0 Å². The second-order valence-electron chi connectivity index (χ2n) is 9.24. The number of anilines is 1. The van der Waals surface area contributed by atoms with Gasteiger partial charge < -0.3 is 30.1 Å². The maximum atomic E-state index is 13.1. The highest BCUT2D eigenvalue weighted by Gasteiger charge is 2.44. The monoisotopic (exact) mass is 501 g/mol. The molecule has 1 unspecified atom stereocenters. The molecule has 1 aromatic carbocycles. The van der Waals surface area contributed by atoms with Crippen LogP contribution in [0.4, 0.5) is 5.82 Å². The number of nitrogens with zero attached hydrogens (tertiary/aromatic N) is 4. The lowest BCUT2D eigenvalue weighted by Gasteiger charge is -2.43. The number of rotatable bonds is 6. The summed E-state index contributed by atoms with van der Waals surface area (Å²) in [5.74, 6) is 0.413. The molecule has 2 aliphatic heterocycles. The first-order chi connectivity index (χ1) is 17.2. The van der Waals surface area contributed by atoms with Crippen LogP contribution in [-0.4, -0.2) is 85.9 Å². The third-order valence-corrected chi connectivity index (χ3v) is 6.88. The van der Waals surface area contributed by atoms with Gasteiger partial charge in [0.1, 0.15) is 36.5 Å². The molecule has 36 heavy (non-hydrogen) atoms. The number of hydrogen-bond donors (Lipinski definition) is 5. The van der Waals surface area contributed by atoms with Crippen molar-refractivity contribution in [2.75, 3.05) is 24.6 Å².